The van der Waals surface area contributed by atoms with Crippen LogP contribution >= 0.6 is 35.3 Å². The van der Waals surface area contributed by atoms with Crippen LogP contribution in [0.4, 0.5) is 4.79 Å². The van der Waals surface area contributed by atoms with Gasteiger partial charge in [0, 0.05) is 41.9 Å². The van der Waals surface area contributed by atoms with Crippen LogP contribution in [0.2, 0.25) is 0 Å². The number of rotatable bonds is 8. The predicted molar refractivity (Wildman–Crippen MR) is 135 cm³/mol. The number of ether oxygens (including phenoxy) is 1. The summed E-state index contributed by atoms with van der Waals surface area (Å²) in [4.78, 5) is 21.1. The Morgan fingerprint density at radius 2 is 2.03 bits per heavy atom. The molecular formula is C22H33IN4O3S. The first-order chi connectivity index (χ1) is 14.7. The highest BCUT2D eigenvalue weighted by atomic mass is 127. The minimum atomic E-state index is -0.217. The van der Waals surface area contributed by atoms with Crippen LogP contribution in [0, 0.1) is 0 Å². The Kier molecular flexibility index (Phi) is 11.2. The van der Waals surface area contributed by atoms with E-state index in [1.165, 1.54) is 9.75 Å². The quantitative estimate of drug-likeness (QED) is 0.284. The maximum atomic E-state index is 11.9. The molecule has 0 aromatic carbocycles. The molecule has 0 saturated carbocycles. The number of carbonyl (C=O) groups excluding carboxylic acids is 1. The molecule has 1 aliphatic rings. The zero-order valence-electron chi connectivity index (χ0n) is 18.3. The van der Waals surface area contributed by atoms with E-state index < -0.39 is 0 Å². The summed E-state index contributed by atoms with van der Waals surface area (Å²) >= 11 is 1.82. The van der Waals surface area contributed by atoms with Gasteiger partial charge in [0.2, 0.25) is 0 Å². The first-order valence-electron chi connectivity index (χ1n) is 10.7. The van der Waals surface area contributed by atoms with Gasteiger partial charge in [0.1, 0.15) is 5.76 Å². The summed E-state index contributed by atoms with van der Waals surface area (Å²) in [6, 6.07) is 8.50. The first kappa shape index (κ1) is 25.5. The topological polar surface area (TPSA) is 79.1 Å². The highest BCUT2D eigenvalue weighted by Crippen LogP contribution is 2.18. The molecular weight excluding hydrogens is 527 g/mol. The Bertz CT molecular complexity index is 802. The van der Waals surface area contributed by atoms with Gasteiger partial charge in [-0.15, -0.1) is 35.3 Å². The van der Waals surface area contributed by atoms with Crippen LogP contribution in [-0.4, -0.2) is 49.2 Å². The van der Waals surface area contributed by atoms with Crippen molar-refractivity contribution >= 4 is 47.4 Å². The lowest BCUT2D eigenvalue weighted by molar-refractivity contribution is 0.0963. The molecule has 3 rings (SSSR count). The Hall–Kier alpha value is -1.75. The van der Waals surface area contributed by atoms with E-state index in [4.69, 9.17) is 14.1 Å². The number of carbonyl (C=O) groups is 1. The Morgan fingerprint density at radius 3 is 2.68 bits per heavy atom. The van der Waals surface area contributed by atoms with E-state index in [0.29, 0.717) is 26.2 Å². The van der Waals surface area contributed by atoms with E-state index in [1.54, 1.807) is 11.2 Å². The van der Waals surface area contributed by atoms with Gasteiger partial charge in [-0.25, -0.2) is 9.79 Å². The number of thiophene rings is 1. The van der Waals surface area contributed by atoms with Crippen LogP contribution in [0.3, 0.4) is 0 Å². The number of nitrogens with one attached hydrogen (secondary N) is 2. The van der Waals surface area contributed by atoms with E-state index in [1.807, 2.05) is 30.4 Å². The highest BCUT2D eigenvalue weighted by Gasteiger charge is 2.24. The Morgan fingerprint density at radius 1 is 1.26 bits per heavy atom. The molecule has 31 heavy (non-hydrogen) atoms. The van der Waals surface area contributed by atoms with Crippen LogP contribution in [0.1, 0.15) is 42.2 Å². The fraction of sp³-hybridized carbons (Fsp3) is 0.545. The third-order valence-corrected chi connectivity index (χ3v) is 6.28. The van der Waals surface area contributed by atoms with Gasteiger partial charge in [-0.2, -0.15) is 0 Å². The molecule has 172 valence electrons. The summed E-state index contributed by atoms with van der Waals surface area (Å²) in [6.07, 6.45) is 5.08. The highest BCUT2D eigenvalue weighted by molar-refractivity contribution is 14.0. The van der Waals surface area contributed by atoms with Crippen LogP contribution in [-0.2, 0) is 24.1 Å². The predicted octanol–water partition coefficient (Wildman–Crippen LogP) is 4.42. The summed E-state index contributed by atoms with van der Waals surface area (Å²) in [5.41, 5.74) is 0. The van der Waals surface area contributed by atoms with Gasteiger partial charge in [0.05, 0.1) is 19.4 Å². The van der Waals surface area contributed by atoms with Crippen molar-refractivity contribution in [2.24, 2.45) is 4.99 Å². The summed E-state index contributed by atoms with van der Waals surface area (Å²) in [5, 5.41) is 6.98. The minimum absolute atomic E-state index is 0. The zero-order chi connectivity index (χ0) is 21.2. The number of nitrogens with zero attached hydrogens (tertiary/aromatic N) is 2. The minimum Gasteiger partial charge on any atom is -0.469 e. The molecule has 2 aromatic heterocycles. The number of hydrogen-bond donors (Lipinski definition) is 2. The SMILES string of the molecule is CCOC(=O)N1CCC(NC(=NCc2ccc(CC)s2)NCCc2ccco2)CC1.I. The third-order valence-electron chi connectivity index (χ3n) is 5.06. The molecule has 0 unspecified atom stereocenters. The van der Waals surface area contributed by atoms with Crippen molar-refractivity contribution in [3.05, 3.63) is 46.0 Å². The van der Waals surface area contributed by atoms with Crippen LogP contribution in [0.5, 0.6) is 0 Å². The van der Waals surface area contributed by atoms with Gasteiger partial charge in [0.15, 0.2) is 5.96 Å². The Balaban J connectivity index is 0.00000341. The molecule has 0 spiro atoms. The second-order valence-corrected chi connectivity index (χ2v) is 8.50. The summed E-state index contributed by atoms with van der Waals surface area (Å²) in [7, 11) is 0. The molecule has 7 nitrogen and oxygen atoms in total. The molecule has 0 atom stereocenters. The second-order valence-electron chi connectivity index (χ2n) is 7.25. The van der Waals surface area contributed by atoms with Crippen molar-refractivity contribution in [2.45, 2.75) is 52.1 Å². The molecule has 2 aromatic rings. The average molecular weight is 561 g/mol. The van der Waals surface area contributed by atoms with E-state index in [0.717, 1.165) is 43.9 Å². The van der Waals surface area contributed by atoms with Gasteiger partial charge in [0.25, 0.3) is 0 Å². The molecule has 1 aliphatic heterocycles. The number of halogens is 1. The zero-order valence-corrected chi connectivity index (χ0v) is 21.4. The van der Waals surface area contributed by atoms with Crippen molar-refractivity contribution in [2.75, 3.05) is 26.2 Å². The van der Waals surface area contributed by atoms with E-state index >= 15 is 0 Å². The van der Waals surface area contributed by atoms with Crippen LogP contribution in [0.15, 0.2) is 39.9 Å². The number of furan rings is 1. The fourth-order valence-corrected chi connectivity index (χ4v) is 4.26. The molecule has 1 fully saturated rings. The number of likely N-dealkylation sites (tertiary alicyclic amines) is 1. The first-order valence-corrected chi connectivity index (χ1v) is 11.6. The van der Waals surface area contributed by atoms with Gasteiger partial charge < -0.3 is 24.7 Å². The number of amides is 1. The third kappa shape index (κ3) is 8.36. The maximum Gasteiger partial charge on any atom is 0.409 e. The Labute approximate surface area is 205 Å². The monoisotopic (exact) mass is 560 g/mol. The molecule has 0 aliphatic carbocycles. The second kappa shape index (κ2) is 13.6. The van der Waals surface area contributed by atoms with Crippen molar-refractivity contribution in [3.8, 4) is 0 Å². The largest absolute Gasteiger partial charge is 0.469 e. The number of hydrogen-bond acceptors (Lipinski definition) is 5. The lowest BCUT2D eigenvalue weighted by atomic mass is 10.1. The van der Waals surface area contributed by atoms with Gasteiger partial charge >= 0.3 is 6.09 Å². The average Bonchev–Trinajstić information content (AvgIpc) is 3.44. The van der Waals surface area contributed by atoms with Gasteiger partial charge in [-0.05, 0) is 50.5 Å². The van der Waals surface area contributed by atoms with Crippen LogP contribution in [0.25, 0.3) is 0 Å². The fourth-order valence-electron chi connectivity index (χ4n) is 3.38. The number of guanidine groups is 1. The van der Waals surface area contributed by atoms with Gasteiger partial charge in [-0.3, -0.25) is 0 Å². The van der Waals surface area contributed by atoms with Crippen molar-refractivity contribution in [1.82, 2.24) is 15.5 Å². The number of aryl methyl sites for hydroxylation is 1. The van der Waals surface area contributed by atoms with Gasteiger partial charge in [-0.1, -0.05) is 6.92 Å². The normalized spacial score (nSPS) is 14.8. The standard InChI is InChI=1S/C22H32N4O3S.HI/c1-3-19-7-8-20(30-19)16-24-21(23-12-9-18-6-5-15-29-18)25-17-10-13-26(14-11-17)22(27)28-4-2;/h5-8,15,17H,3-4,9-14,16H2,1-2H3,(H2,23,24,25);1H. The van der Waals surface area contributed by atoms with Crippen molar-refractivity contribution < 1.29 is 13.9 Å². The molecule has 0 radical (unpaired) electrons. The molecule has 9 heteroatoms. The molecule has 3 heterocycles. The molecule has 2 N–H and O–H groups in total. The summed E-state index contributed by atoms with van der Waals surface area (Å²) in [5.74, 6) is 1.76. The van der Waals surface area contributed by atoms with Crippen molar-refractivity contribution in [1.29, 1.82) is 0 Å². The van der Waals surface area contributed by atoms with Crippen LogP contribution < -0.4 is 10.6 Å². The smallest absolute Gasteiger partial charge is 0.409 e. The molecule has 1 saturated heterocycles. The number of aliphatic imine (C=N–C) groups is 1. The van der Waals surface area contributed by atoms with E-state index in [2.05, 4.69) is 29.7 Å². The van der Waals surface area contributed by atoms with E-state index in [9.17, 15) is 4.79 Å². The number of piperidine rings is 1. The summed E-state index contributed by atoms with van der Waals surface area (Å²) < 4.78 is 10.5. The maximum absolute atomic E-state index is 11.9. The molecule has 1 amide bonds. The lowest BCUT2D eigenvalue weighted by Gasteiger charge is -2.32. The van der Waals surface area contributed by atoms with Crippen molar-refractivity contribution in [3.63, 3.8) is 0 Å². The summed E-state index contributed by atoms with van der Waals surface area (Å²) in [6.45, 7) is 7.21. The molecule has 0 bridgehead atoms. The van der Waals surface area contributed by atoms with E-state index in [-0.39, 0.29) is 36.1 Å². The lowest BCUT2D eigenvalue weighted by Crippen LogP contribution is -2.50.